The number of nitrogens with zero attached hydrogens (tertiary/aromatic N) is 3. The molecule has 1 N–H and O–H groups in total. The molecule has 0 aliphatic carbocycles. The van der Waals surface area contributed by atoms with Gasteiger partial charge < -0.3 is 14.5 Å². The fourth-order valence-electron chi connectivity index (χ4n) is 2.90. The lowest BCUT2D eigenvalue weighted by Gasteiger charge is -2.06. The van der Waals surface area contributed by atoms with Gasteiger partial charge in [-0.25, -0.2) is 4.79 Å². The van der Waals surface area contributed by atoms with Crippen LogP contribution in [0.1, 0.15) is 5.56 Å². The molecule has 3 aromatic carbocycles. The van der Waals surface area contributed by atoms with Gasteiger partial charge in [-0.3, -0.25) is 10.1 Å². The Hall–Kier alpha value is -4.40. The van der Waals surface area contributed by atoms with Crippen LogP contribution in [-0.4, -0.2) is 14.7 Å². The molecule has 0 saturated carbocycles. The van der Waals surface area contributed by atoms with E-state index in [-0.39, 0.29) is 23.9 Å². The highest BCUT2D eigenvalue weighted by Gasteiger charge is 2.14. The average molecular weight is 418 g/mol. The molecular weight excluding hydrogens is 400 g/mol. The molecule has 31 heavy (non-hydrogen) atoms. The van der Waals surface area contributed by atoms with Crippen LogP contribution in [0.2, 0.25) is 0 Å². The van der Waals surface area contributed by atoms with Crippen LogP contribution in [0, 0.1) is 10.1 Å². The molecule has 0 aliphatic heterocycles. The number of anilines is 1. The third kappa shape index (κ3) is 4.78. The topological polar surface area (TPSA) is 112 Å². The first kappa shape index (κ1) is 19.9. The van der Waals surface area contributed by atoms with Gasteiger partial charge in [-0.1, -0.05) is 42.5 Å². The number of nitrogens with one attached hydrogen (secondary N) is 1. The van der Waals surface area contributed by atoms with E-state index in [2.05, 4.69) is 10.4 Å². The normalized spacial score (nSPS) is 10.6. The molecule has 4 aromatic rings. The van der Waals surface area contributed by atoms with Crippen molar-refractivity contribution in [3.63, 3.8) is 0 Å². The van der Waals surface area contributed by atoms with E-state index in [1.807, 2.05) is 30.3 Å². The van der Waals surface area contributed by atoms with Crippen molar-refractivity contribution >= 4 is 11.4 Å². The van der Waals surface area contributed by atoms with E-state index in [1.165, 1.54) is 6.07 Å². The lowest BCUT2D eigenvalue weighted by Crippen LogP contribution is -2.21. The third-order valence-corrected chi connectivity index (χ3v) is 4.48. The van der Waals surface area contributed by atoms with Crippen LogP contribution >= 0.6 is 0 Å². The number of ether oxygens (including phenoxy) is 1. The second kappa shape index (κ2) is 8.95. The maximum Gasteiger partial charge on any atom is 0.439 e. The molecule has 0 unspecified atom stereocenters. The first-order chi connectivity index (χ1) is 15.1. The summed E-state index contributed by atoms with van der Waals surface area (Å²) in [5, 5.41) is 18.1. The van der Waals surface area contributed by atoms with Gasteiger partial charge in [0.15, 0.2) is 0 Å². The summed E-state index contributed by atoms with van der Waals surface area (Å²) in [6.45, 7) is 0.368. The third-order valence-electron chi connectivity index (χ3n) is 4.48. The lowest BCUT2D eigenvalue weighted by atomic mass is 10.2. The number of para-hydroxylation sites is 2. The molecule has 0 amide bonds. The fraction of sp³-hybridized carbons (Fsp3) is 0.0909. The number of benzene rings is 3. The van der Waals surface area contributed by atoms with Crippen LogP contribution in [0.4, 0.5) is 11.4 Å². The van der Waals surface area contributed by atoms with Gasteiger partial charge >= 0.3 is 5.76 Å². The summed E-state index contributed by atoms with van der Waals surface area (Å²) in [7, 11) is 0. The Balaban J connectivity index is 1.43. The lowest BCUT2D eigenvalue weighted by molar-refractivity contribution is -0.384. The minimum Gasteiger partial charge on any atom is -0.489 e. The standard InChI is InChI=1S/C22H18N4O5/c27-22-25(15-23-19-8-4-5-9-20(19)26(28)29)24-21(31-22)17-10-12-18(13-11-17)30-14-16-6-2-1-3-7-16/h1-13,23H,14-15H2. The number of nitro benzene ring substituents is 1. The van der Waals surface area contributed by atoms with E-state index in [9.17, 15) is 14.9 Å². The van der Waals surface area contributed by atoms with Crippen LogP contribution in [0.5, 0.6) is 5.75 Å². The highest BCUT2D eigenvalue weighted by atomic mass is 16.6. The van der Waals surface area contributed by atoms with E-state index in [1.54, 1.807) is 42.5 Å². The van der Waals surface area contributed by atoms with E-state index in [4.69, 9.17) is 9.15 Å². The Labute approximate surface area is 176 Å². The second-order valence-electron chi connectivity index (χ2n) is 6.58. The molecule has 156 valence electrons. The van der Waals surface area contributed by atoms with Gasteiger partial charge in [0.2, 0.25) is 5.89 Å². The van der Waals surface area contributed by atoms with E-state index < -0.39 is 10.7 Å². The van der Waals surface area contributed by atoms with Crippen LogP contribution in [0.3, 0.4) is 0 Å². The molecule has 1 aromatic heterocycles. The van der Waals surface area contributed by atoms with Gasteiger partial charge in [-0.2, -0.15) is 4.68 Å². The van der Waals surface area contributed by atoms with Crippen molar-refractivity contribution < 1.29 is 14.1 Å². The first-order valence-corrected chi connectivity index (χ1v) is 9.42. The zero-order chi connectivity index (χ0) is 21.6. The number of hydrogen-bond acceptors (Lipinski definition) is 7. The van der Waals surface area contributed by atoms with E-state index in [0.29, 0.717) is 17.9 Å². The molecule has 1 heterocycles. The molecule has 0 radical (unpaired) electrons. The predicted molar refractivity (Wildman–Crippen MR) is 114 cm³/mol. The highest BCUT2D eigenvalue weighted by Crippen LogP contribution is 2.23. The molecule has 0 atom stereocenters. The summed E-state index contributed by atoms with van der Waals surface area (Å²) in [5.41, 5.74) is 1.85. The summed E-state index contributed by atoms with van der Waals surface area (Å²) in [6, 6.07) is 23.0. The van der Waals surface area contributed by atoms with Crippen molar-refractivity contribution in [1.82, 2.24) is 9.78 Å². The fourth-order valence-corrected chi connectivity index (χ4v) is 2.90. The van der Waals surface area contributed by atoms with Crippen molar-refractivity contribution in [2.24, 2.45) is 0 Å². The van der Waals surface area contributed by atoms with Crippen molar-refractivity contribution in [3.05, 3.63) is 105 Å². The van der Waals surface area contributed by atoms with Crippen LogP contribution in [0.15, 0.2) is 88.1 Å². The van der Waals surface area contributed by atoms with Crippen molar-refractivity contribution in [2.45, 2.75) is 13.3 Å². The van der Waals surface area contributed by atoms with Gasteiger partial charge in [0.25, 0.3) is 5.69 Å². The van der Waals surface area contributed by atoms with Crippen molar-refractivity contribution in [2.75, 3.05) is 5.32 Å². The average Bonchev–Trinajstić information content (AvgIpc) is 3.18. The van der Waals surface area contributed by atoms with Crippen molar-refractivity contribution in [1.29, 1.82) is 0 Å². The van der Waals surface area contributed by atoms with E-state index >= 15 is 0 Å². The Bertz CT molecular complexity index is 1230. The molecule has 9 nitrogen and oxygen atoms in total. The zero-order valence-electron chi connectivity index (χ0n) is 16.3. The molecule has 0 bridgehead atoms. The molecule has 0 aliphatic rings. The van der Waals surface area contributed by atoms with Crippen LogP contribution in [-0.2, 0) is 13.3 Å². The highest BCUT2D eigenvalue weighted by molar-refractivity contribution is 5.60. The van der Waals surface area contributed by atoms with Crippen LogP contribution in [0.25, 0.3) is 11.5 Å². The molecule has 0 fully saturated rings. The minimum atomic E-state index is -0.675. The number of nitro groups is 1. The number of hydrogen-bond donors (Lipinski definition) is 1. The Morgan fingerprint density at radius 1 is 1.00 bits per heavy atom. The smallest absolute Gasteiger partial charge is 0.439 e. The SMILES string of the molecule is O=c1oc(-c2ccc(OCc3ccccc3)cc2)nn1CNc1ccccc1[N+](=O)[O-]. The van der Waals surface area contributed by atoms with Gasteiger partial charge in [0.05, 0.1) is 4.92 Å². The molecule has 4 rings (SSSR count). The number of rotatable bonds is 8. The van der Waals surface area contributed by atoms with Gasteiger partial charge in [-0.05, 0) is 35.9 Å². The first-order valence-electron chi connectivity index (χ1n) is 9.42. The summed E-state index contributed by atoms with van der Waals surface area (Å²) in [6.07, 6.45) is 0. The quantitative estimate of drug-likeness (QED) is 0.339. The maximum atomic E-state index is 12.1. The largest absolute Gasteiger partial charge is 0.489 e. The predicted octanol–water partition coefficient (Wildman–Crippen LogP) is 4.06. The van der Waals surface area contributed by atoms with Gasteiger partial charge in [0, 0.05) is 11.6 Å². The monoisotopic (exact) mass is 418 g/mol. The van der Waals surface area contributed by atoms with Crippen LogP contribution < -0.4 is 15.8 Å². The summed E-state index contributed by atoms with van der Waals surface area (Å²) in [4.78, 5) is 22.7. The van der Waals surface area contributed by atoms with E-state index in [0.717, 1.165) is 10.2 Å². The molecule has 9 heteroatoms. The summed E-state index contributed by atoms with van der Waals surface area (Å²) >= 11 is 0. The molecule has 0 saturated heterocycles. The number of aromatic nitrogens is 2. The van der Waals surface area contributed by atoms with Gasteiger partial charge in [0.1, 0.15) is 24.7 Å². The summed E-state index contributed by atoms with van der Waals surface area (Å²) < 4.78 is 12.0. The Morgan fingerprint density at radius 2 is 1.71 bits per heavy atom. The molecular formula is C22H18N4O5. The maximum absolute atomic E-state index is 12.1. The van der Waals surface area contributed by atoms with Gasteiger partial charge in [-0.15, -0.1) is 5.10 Å². The Kier molecular flexibility index (Phi) is 5.75. The molecule has 0 spiro atoms. The minimum absolute atomic E-state index is 0.0779. The Morgan fingerprint density at radius 3 is 2.45 bits per heavy atom. The van der Waals surface area contributed by atoms with Crippen molar-refractivity contribution in [3.8, 4) is 17.2 Å². The second-order valence-corrected chi connectivity index (χ2v) is 6.58. The zero-order valence-corrected chi connectivity index (χ0v) is 16.3. The summed E-state index contributed by atoms with van der Waals surface area (Å²) in [5.74, 6) is 0.141.